The molecular weight excluding hydrogens is 300 g/mol. The molecule has 0 unspecified atom stereocenters. The van der Waals surface area contributed by atoms with Crippen molar-refractivity contribution in [2.45, 2.75) is 0 Å². The number of thiazole rings is 1. The highest BCUT2D eigenvalue weighted by atomic mass is 35.5. The summed E-state index contributed by atoms with van der Waals surface area (Å²) in [6.45, 7) is 0. The first kappa shape index (κ1) is 12.8. The van der Waals surface area contributed by atoms with Gasteiger partial charge in [0.2, 0.25) is 0 Å². The van der Waals surface area contributed by atoms with Crippen LogP contribution in [0.25, 0.3) is 5.69 Å². The summed E-state index contributed by atoms with van der Waals surface area (Å²) in [5.74, 6) is 0. The Hall–Kier alpha value is -2.25. The summed E-state index contributed by atoms with van der Waals surface area (Å²) >= 11 is 6.79. The molecule has 0 atom stereocenters. The predicted octanol–water partition coefficient (Wildman–Crippen LogP) is 2.98. The van der Waals surface area contributed by atoms with Gasteiger partial charge in [0.1, 0.15) is 11.2 Å². The Morgan fingerprint density at radius 2 is 2.10 bits per heavy atom. The smallest absolute Gasteiger partial charge is 0.343 e. The second kappa shape index (κ2) is 5.40. The van der Waals surface area contributed by atoms with Crippen molar-refractivity contribution in [1.82, 2.24) is 19.7 Å². The minimum Gasteiger partial charge on any atom is -0.394 e. The number of hydrogen-bond acceptors (Lipinski definition) is 6. The summed E-state index contributed by atoms with van der Waals surface area (Å²) in [6, 6.07) is 9.63. The van der Waals surface area contributed by atoms with Crippen LogP contribution in [-0.4, -0.2) is 26.0 Å². The van der Waals surface area contributed by atoms with E-state index in [1.165, 1.54) is 6.33 Å². The lowest BCUT2D eigenvalue weighted by atomic mass is 10.3. The molecule has 8 heteroatoms. The van der Waals surface area contributed by atoms with Gasteiger partial charge in [-0.05, 0) is 12.1 Å². The topological polar surface area (TPSA) is 69.9 Å². The normalized spacial score (nSPS) is 10.4. The lowest BCUT2D eigenvalue weighted by Crippen LogP contribution is -1.94. The van der Waals surface area contributed by atoms with Gasteiger partial charge in [0.15, 0.2) is 11.4 Å². The van der Waals surface area contributed by atoms with E-state index in [1.807, 2.05) is 30.3 Å². The van der Waals surface area contributed by atoms with Gasteiger partial charge in [0.05, 0.1) is 5.69 Å². The van der Waals surface area contributed by atoms with E-state index in [0.717, 1.165) is 17.0 Å². The first-order valence-corrected chi connectivity index (χ1v) is 6.72. The van der Waals surface area contributed by atoms with Gasteiger partial charge in [0, 0.05) is 0 Å². The van der Waals surface area contributed by atoms with E-state index >= 15 is 0 Å². The fraction of sp³-hybridized carbons (Fsp3) is 0. The minimum atomic E-state index is 0.113. The highest BCUT2D eigenvalue weighted by Crippen LogP contribution is 2.29. The van der Waals surface area contributed by atoms with Crippen LogP contribution in [0.5, 0.6) is 11.2 Å². The fourth-order valence-electron chi connectivity index (χ4n) is 1.49. The van der Waals surface area contributed by atoms with Crippen molar-refractivity contribution in [1.29, 1.82) is 0 Å². The average Bonchev–Trinajstić information content (AvgIpc) is 3.07. The quantitative estimate of drug-likeness (QED) is 0.693. The summed E-state index contributed by atoms with van der Waals surface area (Å²) in [6.07, 6.45) is 2.16. The lowest BCUT2D eigenvalue weighted by Gasteiger charge is -1.97. The van der Waals surface area contributed by atoms with E-state index in [-0.39, 0.29) is 16.4 Å². The van der Waals surface area contributed by atoms with E-state index in [9.17, 15) is 4.79 Å². The number of aldehydes is 1. The number of carbonyl (C=O) groups is 1. The van der Waals surface area contributed by atoms with E-state index in [0.29, 0.717) is 11.2 Å². The van der Waals surface area contributed by atoms with Gasteiger partial charge in [-0.3, -0.25) is 4.79 Å². The molecule has 0 aliphatic carbocycles. The fourth-order valence-corrected chi connectivity index (χ4v) is 2.39. The number of hydrogen-bond donors (Lipinski definition) is 0. The molecule has 3 aromatic rings. The van der Waals surface area contributed by atoms with Gasteiger partial charge in [-0.1, -0.05) is 41.1 Å². The van der Waals surface area contributed by atoms with Gasteiger partial charge in [-0.25, -0.2) is 4.68 Å². The SMILES string of the molecule is O=Cc1sc(Oc2ncn(-c3ccccc3)n2)nc1Cl. The zero-order valence-electron chi connectivity index (χ0n) is 9.93. The molecule has 0 amide bonds. The first-order chi connectivity index (χ1) is 9.76. The predicted molar refractivity (Wildman–Crippen MR) is 73.9 cm³/mol. The van der Waals surface area contributed by atoms with Gasteiger partial charge in [-0.15, -0.1) is 5.10 Å². The molecule has 0 radical (unpaired) electrons. The van der Waals surface area contributed by atoms with Crippen molar-refractivity contribution in [3.8, 4) is 16.9 Å². The molecule has 20 heavy (non-hydrogen) atoms. The Morgan fingerprint density at radius 3 is 2.80 bits per heavy atom. The molecule has 0 bridgehead atoms. The Morgan fingerprint density at radius 1 is 1.30 bits per heavy atom. The average molecular weight is 307 g/mol. The number of rotatable bonds is 4. The maximum absolute atomic E-state index is 10.7. The van der Waals surface area contributed by atoms with Crippen LogP contribution in [0.15, 0.2) is 36.7 Å². The Kier molecular flexibility index (Phi) is 3.44. The van der Waals surface area contributed by atoms with Gasteiger partial charge in [0.25, 0.3) is 5.19 Å². The van der Waals surface area contributed by atoms with E-state index in [4.69, 9.17) is 16.3 Å². The minimum absolute atomic E-state index is 0.113. The van der Waals surface area contributed by atoms with Crippen LogP contribution in [0, 0.1) is 0 Å². The number of halogens is 1. The maximum atomic E-state index is 10.7. The molecular formula is C12H7ClN4O2S. The van der Waals surface area contributed by atoms with E-state index in [2.05, 4.69) is 15.1 Å². The highest BCUT2D eigenvalue weighted by molar-refractivity contribution is 7.15. The molecule has 0 saturated heterocycles. The zero-order chi connectivity index (χ0) is 13.9. The number of carbonyl (C=O) groups excluding carboxylic acids is 1. The number of para-hydroxylation sites is 1. The van der Waals surface area contributed by atoms with Crippen molar-refractivity contribution in [2.24, 2.45) is 0 Å². The van der Waals surface area contributed by atoms with Crippen LogP contribution in [0.1, 0.15) is 9.67 Å². The Bertz CT molecular complexity index is 741. The molecule has 0 N–H and O–H groups in total. The summed E-state index contributed by atoms with van der Waals surface area (Å²) in [7, 11) is 0. The largest absolute Gasteiger partial charge is 0.394 e. The summed E-state index contributed by atoms with van der Waals surface area (Å²) in [5.41, 5.74) is 0.862. The van der Waals surface area contributed by atoms with Gasteiger partial charge >= 0.3 is 6.01 Å². The third kappa shape index (κ3) is 2.54. The number of benzene rings is 1. The summed E-state index contributed by atoms with van der Waals surface area (Å²) in [5, 5.41) is 4.50. The number of ether oxygens (including phenoxy) is 1. The van der Waals surface area contributed by atoms with Crippen molar-refractivity contribution < 1.29 is 9.53 Å². The summed E-state index contributed by atoms with van der Waals surface area (Å²) in [4.78, 5) is 18.9. The summed E-state index contributed by atoms with van der Waals surface area (Å²) < 4.78 is 6.94. The standard InChI is InChI=1S/C12H7ClN4O2S/c13-10-9(6-18)20-12(15-10)19-11-14-7-17(16-11)8-4-2-1-3-5-8/h1-7H. The van der Waals surface area contributed by atoms with Crippen LogP contribution >= 0.6 is 22.9 Å². The molecule has 6 nitrogen and oxygen atoms in total. The van der Waals surface area contributed by atoms with Gasteiger partial charge in [-0.2, -0.15) is 9.97 Å². The van der Waals surface area contributed by atoms with Crippen molar-refractivity contribution >= 4 is 29.2 Å². The molecule has 1 aromatic carbocycles. The zero-order valence-corrected chi connectivity index (χ0v) is 11.5. The molecule has 0 aliphatic rings. The monoisotopic (exact) mass is 306 g/mol. The molecule has 2 aromatic heterocycles. The van der Waals surface area contributed by atoms with Crippen molar-refractivity contribution in [3.63, 3.8) is 0 Å². The van der Waals surface area contributed by atoms with Crippen LogP contribution in [-0.2, 0) is 0 Å². The Labute approximate surface area is 122 Å². The third-order valence-electron chi connectivity index (χ3n) is 2.37. The molecule has 100 valence electrons. The molecule has 0 saturated carbocycles. The first-order valence-electron chi connectivity index (χ1n) is 5.52. The Balaban J connectivity index is 1.82. The second-order valence-corrected chi connectivity index (χ2v) is 5.01. The van der Waals surface area contributed by atoms with Crippen LogP contribution in [0.2, 0.25) is 5.15 Å². The van der Waals surface area contributed by atoms with Crippen LogP contribution in [0.3, 0.4) is 0 Å². The number of nitrogens with zero attached hydrogens (tertiary/aromatic N) is 4. The lowest BCUT2D eigenvalue weighted by molar-refractivity contribution is 0.112. The number of aromatic nitrogens is 4. The van der Waals surface area contributed by atoms with Crippen LogP contribution < -0.4 is 4.74 Å². The molecule has 2 heterocycles. The third-order valence-corrected chi connectivity index (χ3v) is 3.63. The van der Waals surface area contributed by atoms with Crippen molar-refractivity contribution in [2.75, 3.05) is 0 Å². The highest BCUT2D eigenvalue weighted by Gasteiger charge is 2.12. The molecule has 0 fully saturated rings. The molecule has 0 aliphatic heterocycles. The van der Waals surface area contributed by atoms with E-state index in [1.54, 1.807) is 4.68 Å². The molecule has 3 rings (SSSR count). The van der Waals surface area contributed by atoms with E-state index < -0.39 is 0 Å². The van der Waals surface area contributed by atoms with Crippen molar-refractivity contribution in [3.05, 3.63) is 46.7 Å². The second-order valence-electron chi connectivity index (χ2n) is 3.66. The van der Waals surface area contributed by atoms with Gasteiger partial charge < -0.3 is 4.74 Å². The van der Waals surface area contributed by atoms with Crippen LogP contribution in [0.4, 0.5) is 0 Å². The molecule has 0 spiro atoms. The maximum Gasteiger partial charge on any atom is 0.343 e.